The lowest BCUT2D eigenvalue weighted by molar-refractivity contribution is 0.0755. The number of benzene rings is 3. The van der Waals surface area contributed by atoms with Crippen molar-refractivity contribution in [3.05, 3.63) is 106 Å². The topological polar surface area (TPSA) is 81.7 Å². The van der Waals surface area contributed by atoms with Crippen LogP contribution >= 0.6 is 0 Å². The van der Waals surface area contributed by atoms with Gasteiger partial charge in [0.05, 0.1) is 12.1 Å². The van der Waals surface area contributed by atoms with Gasteiger partial charge in [-0.25, -0.2) is 8.78 Å². The molecule has 4 rings (SSSR count). The highest BCUT2D eigenvalue weighted by molar-refractivity contribution is 6.00. The van der Waals surface area contributed by atoms with Gasteiger partial charge < -0.3 is 20.6 Å². The minimum Gasteiger partial charge on any atom is -0.390 e. The van der Waals surface area contributed by atoms with Crippen molar-refractivity contribution >= 4 is 11.8 Å². The second kappa shape index (κ2) is 15.2. The molecule has 1 fully saturated rings. The lowest BCUT2D eigenvalue weighted by atomic mass is 9.99. The Labute approximate surface area is 253 Å². The van der Waals surface area contributed by atoms with E-state index in [0.29, 0.717) is 36.7 Å². The summed E-state index contributed by atoms with van der Waals surface area (Å²) in [6.45, 7) is 7.78. The van der Waals surface area contributed by atoms with E-state index < -0.39 is 29.7 Å². The summed E-state index contributed by atoms with van der Waals surface area (Å²) in [4.78, 5) is 28.6. The fraction of sp³-hybridized carbons (Fsp3) is 0.429. The third-order valence-electron chi connectivity index (χ3n) is 7.70. The fourth-order valence-electron chi connectivity index (χ4n) is 5.47. The summed E-state index contributed by atoms with van der Waals surface area (Å²) < 4.78 is 28.0. The first-order valence-corrected chi connectivity index (χ1v) is 15.3. The van der Waals surface area contributed by atoms with E-state index in [9.17, 15) is 23.5 Å². The highest BCUT2D eigenvalue weighted by Crippen LogP contribution is 2.40. The van der Waals surface area contributed by atoms with E-state index in [-0.39, 0.29) is 24.4 Å². The van der Waals surface area contributed by atoms with Gasteiger partial charge in [-0.05, 0) is 97.5 Å². The largest absolute Gasteiger partial charge is 0.390 e. The molecule has 0 spiro atoms. The van der Waals surface area contributed by atoms with Crippen LogP contribution in [-0.2, 0) is 13.0 Å². The molecule has 0 radical (unpaired) electrons. The van der Waals surface area contributed by atoms with Gasteiger partial charge in [0, 0.05) is 43.4 Å². The first-order chi connectivity index (χ1) is 20.7. The maximum absolute atomic E-state index is 14.0. The molecule has 1 aliphatic carbocycles. The zero-order valence-corrected chi connectivity index (χ0v) is 25.3. The SMILES string of the molecule is CCCN(CCC)C(=O)c1cc(C)cc(C(=O)N[C@@H](Cc2cc(F)cc(F)c2)[C@H](O)CNCc2cccc(C3CC3)c2)c1. The molecular weight excluding hydrogens is 548 g/mol. The van der Waals surface area contributed by atoms with Crippen molar-refractivity contribution in [2.75, 3.05) is 19.6 Å². The molecule has 0 bridgehead atoms. The first kappa shape index (κ1) is 32.3. The summed E-state index contributed by atoms with van der Waals surface area (Å²) in [5, 5.41) is 17.3. The maximum Gasteiger partial charge on any atom is 0.253 e. The van der Waals surface area contributed by atoms with Gasteiger partial charge in [-0.3, -0.25) is 9.59 Å². The standard InChI is InChI=1S/C35H43F2N3O3/c1-4-11-40(12-5-2)35(43)29-14-23(3)13-28(19-29)34(42)39-32(18-25-16-30(36)20-31(37)17-25)33(41)22-38-21-24-7-6-8-27(15-24)26-9-10-26/h6-8,13-17,19-20,26,32-33,38,41H,4-5,9-12,18,21-22H2,1-3H3,(H,39,42)/t32-,33+/m0/s1. The van der Waals surface area contributed by atoms with Crippen molar-refractivity contribution in [2.24, 2.45) is 0 Å². The van der Waals surface area contributed by atoms with Gasteiger partial charge in [-0.1, -0.05) is 38.1 Å². The third-order valence-corrected chi connectivity index (χ3v) is 7.70. The highest BCUT2D eigenvalue weighted by Gasteiger charge is 2.25. The van der Waals surface area contributed by atoms with Crippen LogP contribution in [0.2, 0.25) is 0 Å². The Morgan fingerprint density at radius 2 is 1.60 bits per heavy atom. The van der Waals surface area contributed by atoms with Gasteiger partial charge in [0.2, 0.25) is 0 Å². The molecule has 0 unspecified atom stereocenters. The minimum absolute atomic E-state index is 0.0127. The number of carbonyl (C=O) groups excluding carboxylic acids is 2. The van der Waals surface area contributed by atoms with Crippen LogP contribution in [0.5, 0.6) is 0 Å². The number of aliphatic hydroxyl groups excluding tert-OH is 1. The molecule has 0 heterocycles. The fourth-order valence-corrected chi connectivity index (χ4v) is 5.47. The van der Waals surface area contributed by atoms with E-state index in [1.54, 1.807) is 23.1 Å². The van der Waals surface area contributed by atoms with Crippen molar-refractivity contribution < 1.29 is 23.5 Å². The molecule has 8 heteroatoms. The molecule has 0 saturated heterocycles. The number of nitrogens with one attached hydrogen (secondary N) is 2. The van der Waals surface area contributed by atoms with Crippen LogP contribution in [0.1, 0.15) is 88.4 Å². The number of hydrogen-bond donors (Lipinski definition) is 3. The predicted octanol–water partition coefficient (Wildman–Crippen LogP) is 5.90. The van der Waals surface area contributed by atoms with Crippen molar-refractivity contribution in [1.82, 2.24) is 15.5 Å². The molecule has 230 valence electrons. The van der Waals surface area contributed by atoms with Crippen LogP contribution in [0, 0.1) is 18.6 Å². The van der Waals surface area contributed by atoms with E-state index in [2.05, 4.69) is 22.8 Å². The zero-order valence-electron chi connectivity index (χ0n) is 25.3. The molecule has 0 aliphatic heterocycles. The molecule has 3 aromatic rings. The van der Waals surface area contributed by atoms with E-state index in [0.717, 1.165) is 30.0 Å². The lowest BCUT2D eigenvalue weighted by Gasteiger charge is -2.25. The number of rotatable bonds is 15. The number of aryl methyl sites for hydroxylation is 1. The smallest absolute Gasteiger partial charge is 0.253 e. The normalized spacial score (nSPS) is 14.3. The van der Waals surface area contributed by atoms with Gasteiger partial charge in [-0.15, -0.1) is 0 Å². The molecule has 43 heavy (non-hydrogen) atoms. The Bertz CT molecular complexity index is 1380. The van der Waals surface area contributed by atoms with Crippen LogP contribution in [0.25, 0.3) is 0 Å². The lowest BCUT2D eigenvalue weighted by Crippen LogP contribution is -2.48. The number of halogens is 2. The van der Waals surface area contributed by atoms with Crippen molar-refractivity contribution in [2.45, 2.75) is 77.5 Å². The van der Waals surface area contributed by atoms with Crippen LogP contribution in [0.4, 0.5) is 8.78 Å². The molecule has 3 N–H and O–H groups in total. The summed E-state index contributed by atoms with van der Waals surface area (Å²) >= 11 is 0. The molecule has 2 amide bonds. The monoisotopic (exact) mass is 591 g/mol. The molecule has 1 saturated carbocycles. The molecule has 0 aromatic heterocycles. The zero-order chi connectivity index (χ0) is 30.9. The van der Waals surface area contributed by atoms with Crippen LogP contribution in [0.3, 0.4) is 0 Å². The Morgan fingerprint density at radius 1 is 0.930 bits per heavy atom. The molecule has 1 aliphatic rings. The number of aliphatic hydroxyl groups is 1. The summed E-state index contributed by atoms with van der Waals surface area (Å²) in [5.41, 5.74) is 4.19. The van der Waals surface area contributed by atoms with Gasteiger partial charge in [0.1, 0.15) is 11.6 Å². The molecule has 2 atom stereocenters. The van der Waals surface area contributed by atoms with E-state index >= 15 is 0 Å². The maximum atomic E-state index is 14.0. The molecular formula is C35H43F2N3O3. The van der Waals surface area contributed by atoms with Gasteiger partial charge in [-0.2, -0.15) is 0 Å². The summed E-state index contributed by atoms with van der Waals surface area (Å²) in [6, 6.07) is 15.7. The summed E-state index contributed by atoms with van der Waals surface area (Å²) in [6.07, 6.45) is 3.03. The summed E-state index contributed by atoms with van der Waals surface area (Å²) in [5.74, 6) is -1.44. The minimum atomic E-state index is -1.06. The van der Waals surface area contributed by atoms with Crippen molar-refractivity contribution in [1.29, 1.82) is 0 Å². The molecule has 3 aromatic carbocycles. The third kappa shape index (κ3) is 9.43. The van der Waals surface area contributed by atoms with Crippen LogP contribution < -0.4 is 10.6 Å². The number of hydrogen-bond acceptors (Lipinski definition) is 4. The average molecular weight is 592 g/mol. The Morgan fingerprint density at radius 3 is 2.26 bits per heavy atom. The number of amides is 2. The summed E-state index contributed by atoms with van der Waals surface area (Å²) in [7, 11) is 0. The van der Waals surface area contributed by atoms with Crippen molar-refractivity contribution in [3.63, 3.8) is 0 Å². The van der Waals surface area contributed by atoms with Gasteiger partial charge >= 0.3 is 0 Å². The Balaban J connectivity index is 1.50. The second-order valence-corrected chi connectivity index (χ2v) is 11.7. The van der Waals surface area contributed by atoms with Crippen molar-refractivity contribution in [3.8, 4) is 0 Å². The number of nitrogens with zero attached hydrogens (tertiary/aromatic N) is 1. The van der Waals surface area contributed by atoms with Crippen LogP contribution in [0.15, 0.2) is 60.7 Å². The highest BCUT2D eigenvalue weighted by atomic mass is 19.1. The first-order valence-electron chi connectivity index (χ1n) is 15.3. The predicted molar refractivity (Wildman–Crippen MR) is 165 cm³/mol. The van der Waals surface area contributed by atoms with E-state index in [4.69, 9.17) is 0 Å². The van der Waals surface area contributed by atoms with E-state index in [1.165, 1.54) is 30.5 Å². The Kier molecular flexibility index (Phi) is 11.4. The second-order valence-electron chi connectivity index (χ2n) is 11.7. The van der Waals surface area contributed by atoms with Gasteiger partial charge in [0.25, 0.3) is 11.8 Å². The Hall–Kier alpha value is -3.62. The number of carbonyl (C=O) groups is 2. The molecule has 6 nitrogen and oxygen atoms in total. The van der Waals surface area contributed by atoms with Crippen LogP contribution in [-0.4, -0.2) is 53.6 Å². The van der Waals surface area contributed by atoms with Gasteiger partial charge in [0.15, 0.2) is 0 Å². The quantitative estimate of drug-likeness (QED) is 0.206. The van der Waals surface area contributed by atoms with E-state index in [1.807, 2.05) is 32.9 Å². The average Bonchev–Trinajstić information content (AvgIpc) is 3.81.